The van der Waals surface area contributed by atoms with Gasteiger partial charge in [-0.2, -0.15) is 0 Å². The summed E-state index contributed by atoms with van der Waals surface area (Å²) in [5.41, 5.74) is -0.314. The van der Waals surface area contributed by atoms with Gasteiger partial charge in [-0.05, 0) is 0 Å². The van der Waals surface area contributed by atoms with Gasteiger partial charge in [-0.25, -0.2) is 0 Å². The van der Waals surface area contributed by atoms with Crippen LogP contribution in [0.5, 0.6) is 0 Å². The van der Waals surface area contributed by atoms with Crippen molar-refractivity contribution >= 4 is 16.8 Å². The van der Waals surface area contributed by atoms with Crippen LogP contribution in [0.1, 0.15) is 6.42 Å². The molecule has 0 spiro atoms. The van der Waals surface area contributed by atoms with E-state index in [1.165, 1.54) is 0 Å². The lowest BCUT2D eigenvalue weighted by molar-refractivity contribution is -0.139. The van der Waals surface area contributed by atoms with E-state index in [9.17, 15) is 9.00 Å². The molecule has 0 aliphatic carbocycles. The number of hydrogen-bond donors (Lipinski definition) is 3. The molecule has 1 rings (SSSR count). The third-order valence-electron chi connectivity index (χ3n) is 2.31. The Morgan fingerprint density at radius 3 is 2.64 bits per heavy atom. The van der Waals surface area contributed by atoms with Crippen molar-refractivity contribution in [3.05, 3.63) is 0 Å². The number of rotatable bonds is 6. The number of carboxylic acids is 1. The van der Waals surface area contributed by atoms with E-state index in [1.54, 1.807) is 6.26 Å². The summed E-state index contributed by atoms with van der Waals surface area (Å²) in [6.07, 6.45) is 1.76. The molecule has 6 heteroatoms. The van der Waals surface area contributed by atoms with Crippen molar-refractivity contribution in [2.45, 2.75) is 12.0 Å². The van der Waals surface area contributed by atoms with Crippen LogP contribution in [0, 0.1) is 0 Å². The molecule has 1 atom stereocenters. The van der Waals surface area contributed by atoms with Gasteiger partial charge in [-0.3, -0.25) is 9.00 Å². The molecule has 1 saturated heterocycles. The third kappa shape index (κ3) is 3.36. The fourth-order valence-corrected chi connectivity index (χ4v) is 1.88. The average Bonchev–Trinajstić information content (AvgIpc) is 1.98. The lowest BCUT2D eigenvalue weighted by Crippen LogP contribution is -2.68. The Kier molecular flexibility index (Phi) is 4.03. The molecule has 14 heavy (non-hydrogen) atoms. The molecule has 1 aliphatic heterocycles. The van der Waals surface area contributed by atoms with Gasteiger partial charge >= 0.3 is 5.97 Å². The number of hydrogen-bond acceptors (Lipinski definition) is 4. The van der Waals surface area contributed by atoms with Gasteiger partial charge in [0.2, 0.25) is 0 Å². The molecule has 1 fully saturated rings. The summed E-state index contributed by atoms with van der Waals surface area (Å²) in [6.45, 7) is 1.96. The second-order valence-electron chi connectivity index (χ2n) is 3.66. The Bertz CT molecular complexity index is 241. The number of carbonyl (C=O) groups is 1. The lowest BCUT2D eigenvalue weighted by atomic mass is 9.88. The Hall–Kier alpha value is -0.460. The van der Waals surface area contributed by atoms with E-state index >= 15 is 0 Å². The molecule has 1 aliphatic rings. The molecule has 0 radical (unpaired) electrons. The summed E-state index contributed by atoms with van der Waals surface area (Å²) in [6, 6.07) is 0. The molecule has 0 saturated carbocycles. The molecule has 5 nitrogen and oxygen atoms in total. The average molecular weight is 220 g/mol. The SMILES string of the molecule is CS(=O)CCNC1(CC(=O)O)CNC1. The Balaban J connectivity index is 2.30. The molecule has 1 heterocycles. The molecule has 1 unspecified atom stereocenters. The Labute approximate surface area is 85.7 Å². The van der Waals surface area contributed by atoms with Crippen LogP contribution >= 0.6 is 0 Å². The zero-order chi connectivity index (χ0) is 10.6. The van der Waals surface area contributed by atoms with E-state index in [-0.39, 0.29) is 12.0 Å². The van der Waals surface area contributed by atoms with Crippen LogP contribution in [-0.4, -0.2) is 52.5 Å². The van der Waals surface area contributed by atoms with Crippen molar-refractivity contribution in [1.82, 2.24) is 10.6 Å². The second kappa shape index (κ2) is 4.86. The maximum absolute atomic E-state index is 10.8. The van der Waals surface area contributed by atoms with Crippen LogP contribution in [0.15, 0.2) is 0 Å². The molecule has 0 amide bonds. The summed E-state index contributed by atoms with van der Waals surface area (Å²) >= 11 is 0. The fraction of sp³-hybridized carbons (Fsp3) is 0.875. The smallest absolute Gasteiger partial charge is 0.305 e. The first-order chi connectivity index (χ1) is 6.54. The molecular formula is C8H16N2O3S. The standard InChI is InChI=1S/C8H16N2O3S/c1-14(13)3-2-10-8(4-7(11)12)5-9-6-8/h9-10H,2-6H2,1H3,(H,11,12). The van der Waals surface area contributed by atoms with E-state index in [0.29, 0.717) is 25.4 Å². The van der Waals surface area contributed by atoms with E-state index in [0.717, 1.165) is 0 Å². The van der Waals surface area contributed by atoms with Crippen LogP contribution < -0.4 is 10.6 Å². The molecule has 82 valence electrons. The topological polar surface area (TPSA) is 78.4 Å². The lowest BCUT2D eigenvalue weighted by Gasteiger charge is -2.42. The van der Waals surface area contributed by atoms with Gasteiger partial charge in [0.05, 0.1) is 12.0 Å². The zero-order valence-corrected chi connectivity index (χ0v) is 9.02. The van der Waals surface area contributed by atoms with Gasteiger partial charge in [0, 0.05) is 42.4 Å². The Morgan fingerprint density at radius 1 is 1.64 bits per heavy atom. The van der Waals surface area contributed by atoms with Crippen LogP contribution in [0.4, 0.5) is 0 Å². The first-order valence-corrected chi connectivity index (χ1v) is 6.24. The van der Waals surface area contributed by atoms with Crippen molar-refractivity contribution in [2.24, 2.45) is 0 Å². The summed E-state index contributed by atoms with van der Waals surface area (Å²) in [5, 5.41) is 14.9. The monoisotopic (exact) mass is 220 g/mol. The van der Waals surface area contributed by atoms with Crippen LogP contribution in [-0.2, 0) is 15.6 Å². The highest BCUT2D eigenvalue weighted by Gasteiger charge is 2.38. The summed E-state index contributed by atoms with van der Waals surface area (Å²) < 4.78 is 10.8. The highest BCUT2D eigenvalue weighted by molar-refractivity contribution is 7.84. The predicted octanol–water partition coefficient (Wildman–Crippen LogP) is -1.23. The van der Waals surface area contributed by atoms with Crippen molar-refractivity contribution in [1.29, 1.82) is 0 Å². The van der Waals surface area contributed by atoms with Gasteiger partial charge in [-0.1, -0.05) is 0 Å². The highest BCUT2D eigenvalue weighted by Crippen LogP contribution is 2.15. The first kappa shape index (κ1) is 11.6. The van der Waals surface area contributed by atoms with Crippen molar-refractivity contribution in [2.75, 3.05) is 31.6 Å². The molecule has 0 aromatic rings. The number of nitrogens with one attached hydrogen (secondary N) is 2. The largest absolute Gasteiger partial charge is 0.481 e. The Morgan fingerprint density at radius 2 is 2.29 bits per heavy atom. The quantitative estimate of drug-likeness (QED) is 0.522. The fourth-order valence-electron chi connectivity index (χ4n) is 1.49. The first-order valence-electron chi connectivity index (χ1n) is 4.52. The van der Waals surface area contributed by atoms with Gasteiger partial charge in [0.25, 0.3) is 0 Å². The van der Waals surface area contributed by atoms with Gasteiger partial charge < -0.3 is 15.7 Å². The number of carboxylic acid groups (broad SMARTS) is 1. The zero-order valence-electron chi connectivity index (χ0n) is 8.21. The predicted molar refractivity (Wildman–Crippen MR) is 54.8 cm³/mol. The molecule has 0 aromatic carbocycles. The third-order valence-corrected chi connectivity index (χ3v) is 3.08. The maximum Gasteiger partial charge on any atom is 0.305 e. The van der Waals surface area contributed by atoms with E-state index < -0.39 is 16.8 Å². The summed E-state index contributed by atoms with van der Waals surface area (Å²) in [5.74, 6) is -0.224. The minimum atomic E-state index is -0.821. The summed E-state index contributed by atoms with van der Waals surface area (Å²) in [4.78, 5) is 10.6. The molecule has 0 bridgehead atoms. The molecular weight excluding hydrogens is 204 g/mol. The maximum atomic E-state index is 10.8. The summed E-state index contributed by atoms with van der Waals surface area (Å²) in [7, 11) is -0.821. The van der Waals surface area contributed by atoms with Crippen molar-refractivity contribution < 1.29 is 14.1 Å². The second-order valence-corrected chi connectivity index (χ2v) is 5.21. The van der Waals surface area contributed by atoms with Crippen LogP contribution in [0.25, 0.3) is 0 Å². The van der Waals surface area contributed by atoms with E-state index in [2.05, 4.69) is 10.6 Å². The molecule has 0 aromatic heterocycles. The van der Waals surface area contributed by atoms with Gasteiger partial charge in [-0.15, -0.1) is 0 Å². The highest BCUT2D eigenvalue weighted by atomic mass is 32.2. The van der Waals surface area contributed by atoms with Gasteiger partial charge in [0.1, 0.15) is 0 Å². The van der Waals surface area contributed by atoms with E-state index in [1.807, 2.05) is 0 Å². The van der Waals surface area contributed by atoms with Crippen molar-refractivity contribution in [3.63, 3.8) is 0 Å². The van der Waals surface area contributed by atoms with Crippen molar-refractivity contribution in [3.8, 4) is 0 Å². The minimum absolute atomic E-state index is 0.121. The normalized spacial score (nSPS) is 21.2. The number of aliphatic carboxylic acids is 1. The van der Waals surface area contributed by atoms with Gasteiger partial charge in [0.15, 0.2) is 0 Å². The van der Waals surface area contributed by atoms with Crippen LogP contribution in [0.2, 0.25) is 0 Å². The van der Waals surface area contributed by atoms with Crippen LogP contribution in [0.3, 0.4) is 0 Å². The minimum Gasteiger partial charge on any atom is -0.481 e. The molecule has 3 N–H and O–H groups in total. The van der Waals surface area contributed by atoms with E-state index in [4.69, 9.17) is 5.11 Å².